The first-order valence-electron chi connectivity index (χ1n) is 11.6. The first-order chi connectivity index (χ1) is 16.8. The Hall–Kier alpha value is -4.13. The molecule has 4 rings (SSSR count). The fourth-order valence-corrected chi connectivity index (χ4v) is 4.39. The summed E-state index contributed by atoms with van der Waals surface area (Å²) < 4.78 is 5.58. The topological polar surface area (TPSA) is 105 Å². The number of nitrogens with one attached hydrogen (secondary N) is 2. The third-order valence-electron chi connectivity index (χ3n) is 6.59. The summed E-state index contributed by atoms with van der Waals surface area (Å²) in [4.78, 5) is 37.6. The molecule has 0 saturated heterocycles. The van der Waals surface area contributed by atoms with Gasteiger partial charge in [-0.3, -0.25) is 4.79 Å². The molecular formula is C28H28N2O5. The molecule has 180 valence electrons. The summed E-state index contributed by atoms with van der Waals surface area (Å²) >= 11 is 0. The second-order valence-corrected chi connectivity index (χ2v) is 8.79. The molecular weight excluding hydrogens is 444 g/mol. The standard InChI is InChI=1S/C28H28N2O5/c1-3-28(2,26(33)29-24(25(31)32)18-11-5-4-6-12-18)30-27(34)35-17-23-21-15-9-7-13-19(21)20-14-8-10-16-22(20)23/h4-16,23-24H,3,17H2,1-2H3,(H,29,33)(H,30,34)(H,31,32). The van der Waals surface area contributed by atoms with E-state index in [1.807, 2.05) is 36.4 Å². The Kier molecular flexibility index (Phi) is 6.87. The Bertz CT molecular complexity index is 1200. The van der Waals surface area contributed by atoms with Gasteiger partial charge in [0.1, 0.15) is 12.1 Å². The lowest BCUT2D eigenvalue weighted by Gasteiger charge is -2.29. The van der Waals surface area contributed by atoms with Gasteiger partial charge in [0.15, 0.2) is 6.04 Å². The predicted molar refractivity (Wildman–Crippen MR) is 132 cm³/mol. The molecule has 3 N–H and O–H groups in total. The fraction of sp³-hybridized carbons (Fsp3) is 0.250. The van der Waals surface area contributed by atoms with Crippen molar-refractivity contribution in [2.45, 2.75) is 37.8 Å². The molecule has 1 aliphatic rings. The Morgan fingerprint density at radius 1 is 0.914 bits per heavy atom. The lowest BCUT2D eigenvalue weighted by molar-refractivity contribution is -0.143. The Balaban J connectivity index is 1.44. The highest BCUT2D eigenvalue weighted by Gasteiger charge is 2.37. The van der Waals surface area contributed by atoms with E-state index in [0.29, 0.717) is 5.56 Å². The van der Waals surface area contributed by atoms with Gasteiger partial charge in [0.05, 0.1) is 0 Å². The number of hydrogen-bond donors (Lipinski definition) is 3. The van der Waals surface area contributed by atoms with Gasteiger partial charge in [-0.2, -0.15) is 0 Å². The van der Waals surface area contributed by atoms with Crippen molar-refractivity contribution in [1.29, 1.82) is 0 Å². The molecule has 0 saturated carbocycles. The third kappa shape index (κ3) is 4.89. The Morgan fingerprint density at radius 3 is 2.00 bits per heavy atom. The average Bonchev–Trinajstić information content (AvgIpc) is 3.19. The van der Waals surface area contributed by atoms with Gasteiger partial charge in [0.25, 0.3) is 0 Å². The molecule has 0 heterocycles. The van der Waals surface area contributed by atoms with E-state index in [0.717, 1.165) is 22.3 Å². The highest BCUT2D eigenvalue weighted by atomic mass is 16.5. The summed E-state index contributed by atoms with van der Waals surface area (Å²) in [6.45, 7) is 3.40. The number of hydrogen-bond acceptors (Lipinski definition) is 4. The van der Waals surface area contributed by atoms with E-state index in [9.17, 15) is 19.5 Å². The van der Waals surface area contributed by atoms with Crippen LogP contribution in [0.15, 0.2) is 78.9 Å². The van der Waals surface area contributed by atoms with Crippen LogP contribution in [-0.4, -0.2) is 35.2 Å². The number of alkyl carbamates (subject to hydrolysis) is 1. The van der Waals surface area contributed by atoms with Crippen LogP contribution in [-0.2, 0) is 14.3 Å². The van der Waals surface area contributed by atoms with Crippen molar-refractivity contribution in [1.82, 2.24) is 10.6 Å². The highest BCUT2D eigenvalue weighted by Crippen LogP contribution is 2.44. The third-order valence-corrected chi connectivity index (χ3v) is 6.59. The fourth-order valence-electron chi connectivity index (χ4n) is 4.39. The van der Waals surface area contributed by atoms with Crippen LogP contribution in [0.4, 0.5) is 4.79 Å². The molecule has 0 aliphatic heterocycles. The SMILES string of the molecule is CCC(C)(NC(=O)OCC1c2ccccc2-c2ccccc21)C(=O)NC(C(=O)O)c1ccccc1. The van der Waals surface area contributed by atoms with Crippen LogP contribution in [0.5, 0.6) is 0 Å². The van der Waals surface area contributed by atoms with Crippen molar-refractivity contribution in [3.63, 3.8) is 0 Å². The largest absolute Gasteiger partial charge is 0.479 e. The van der Waals surface area contributed by atoms with Gasteiger partial charge in [-0.15, -0.1) is 0 Å². The van der Waals surface area contributed by atoms with Crippen molar-refractivity contribution in [3.8, 4) is 11.1 Å². The van der Waals surface area contributed by atoms with E-state index in [1.54, 1.807) is 44.2 Å². The number of aliphatic carboxylic acids is 1. The number of fused-ring (bicyclic) bond motifs is 3. The lowest BCUT2D eigenvalue weighted by Crippen LogP contribution is -2.57. The van der Waals surface area contributed by atoms with E-state index >= 15 is 0 Å². The molecule has 2 atom stereocenters. The smallest absolute Gasteiger partial charge is 0.408 e. The monoisotopic (exact) mass is 472 g/mol. The van der Waals surface area contributed by atoms with Crippen molar-refractivity contribution < 1.29 is 24.2 Å². The van der Waals surface area contributed by atoms with Crippen molar-refractivity contribution in [2.24, 2.45) is 0 Å². The van der Waals surface area contributed by atoms with E-state index in [2.05, 4.69) is 22.8 Å². The average molecular weight is 473 g/mol. The first-order valence-corrected chi connectivity index (χ1v) is 11.6. The first kappa shape index (κ1) is 24.0. The number of rotatable bonds is 8. The van der Waals surface area contributed by atoms with Gasteiger partial charge in [0, 0.05) is 5.92 Å². The maximum absolute atomic E-state index is 13.1. The number of ether oxygens (including phenoxy) is 1. The molecule has 2 amide bonds. The minimum Gasteiger partial charge on any atom is -0.479 e. The van der Waals surface area contributed by atoms with Crippen molar-refractivity contribution in [3.05, 3.63) is 95.6 Å². The van der Waals surface area contributed by atoms with E-state index < -0.39 is 29.6 Å². The second-order valence-electron chi connectivity index (χ2n) is 8.79. The van der Waals surface area contributed by atoms with E-state index in [4.69, 9.17) is 4.74 Å². The van der Waals surface area contributed by atoms with Gasteiger partial charge < -0.3 is 20.5 Å². The summed E-state index contributed by atoms with van der Waals surface area (Å²) in [6.07, 6.45) is -0.498. The second kappa shape index (κ2) is 10.0. The van der Waals surface area contributed by atoms with Crippen LogP contribution in [0.1, 0.15) is 48.9 Å². The van der Waals surface area contributed by atoms with Crippen molar-refractivity contribution in [2.75, 3.05) is 6.61 Å². The molecule has 0 bridgehead atoms. The highest BCUT2D eigenvalue weighted by molar-refractivity contribution is 5.92. The van der Waals surface area contributed by atoms with Crippen LogP contribution in [0, 0.1) is 0 Å². The zero-order chi connectivity index (χ0) is 25.0. The number of carboxylic acids is 1. The van der Waals surface area contributed by atoms with E-state index in [1.165, 1.54) is 0 Å². The van der Waals surface area contributed by atoms with Crippen LogP contribution >= 0.6 is 0 Å². The van der Waals surface area contributed by atoms with Crippen molar-refractivity contribution >= 4 is 18.0 Å². The van der Waals surface area contributed by atoms with Crippen LogP contribution in [0.3, 0.4) is 0 Å². The minimum atomic E-state index is -1.36. The van der Waals surface area contributed by atoms with Gasteiger partial charge in [-0.1, -0.05) is 85.8 Å². The summed E-state index contributed by atoms with van der Waals surface area (Å²) in [7, 11) is 0. The Morgan fingerprint density at radius 2 is 1.46 bits per heavy atom. The van der Waals surface area contributed by atoms with Crippen LogP contribution in [0.25, 0.3) is 11.1 Å². The molecule has 3 aromatic carbocycles. The van der Waals surface area contributed by atoms with Gasteiger partial charge in [-0.05, 0) is 41.2 Å². The normalized spacial score (nSPS) is 14.7. The number of carbonyl (C=O) groups excluding carboxylic acids is 2. The Labute approximate surface area is 204 Å². The van der Waals surface area contributed by atoms with Gasteiger partial charge in [0.2, 0.25) is 5.91 Å². The van der Waals surface area contributed by atoms with Crippen LogP contribution in [0.2, 0.25) is 0 Å². The quantitative estimate of drug-likeness (QED) is 0.443. The summed E-state index contributed by atoms with van der Waals surface area (Å²) in [5.74, 6) is -1.90. The lowest BCUT2D eigenvalue weighted by atomic mass is 9.96. The predicted octanol–water partition coefficient (Wildman–Crippen LogP) is 4.64. The molecule has 7 heteroatoms. The summed E-state index contributed by atoms with van der Waals surface area (Å²) in [5, 5.41) is 14.8. The molecule has 7 nitrogen and oxygen atoms in total. The van der Waals surface area contributed by atoms with Gasteiger partial charge in [-0.25, -0.2) is 9.59 Å². The minimum absolute atomic E-state index is 0.107. The maximum atomic E-state index is 13.1. The van der Waals surface area contributed by atoms with Gasteiger partial charge >= 0.3 is 12.1 Å². The molecule has 0 fully saturated rings. The molecule has 1 aliphatic carbocycles. The maximum Gasteiger partial charge on any atom is 0.408 e. The molecule has 3 aromatic rings. The molecule has 35 heavy (non-hydrogen) atoms. The summed E-state index contributed by atoms with van der Waals surface area (Å²) in [5.41, 5.74) is 3.50. The zero-order valence-electron chi connectivity index (χ0n) is 19.7. The molecule has 2 unspecified atom stereocenters. The molecule has 0 aromatic heterocycles. The van der Waals surface area contributed by atoms with Crippen LogP contribution < -0.4 is 10.6 Å². The number of benzene rings is 3. The molecule has 0 spiro atoms. The number of amides is 2. The van der Waals surface area contributed by atoms with E-state index in [-0.39, 0.29) is 18.9 Å². The number of carbonyl (C=O) groups is 3. The summed E-state index contributed by atoms with van der Waals surface area (Å²) in [6, 6.07) is 23.2. The zero-order valence-corrected chi connectivity index (χ0v) is 19.7. The molecule has 0 radical (unpaired) electrons. The number of carboxylic acid groups (broad SMARTS) is 1.